The first kappa shape index (κ1) is 15.9. The lowest BCUT2D eigenvalue weighted by Gasteiger charge is -2.38. The van der Waals surface area contributed by atoms with Gasteiger partial charge in [-0.3, -0.25) is 4.90 Å². The molecule has 1 nitrogen and oxygen atoms in total. The van der Waals surface area contributed by atoms with Gasteiger partial charge in [0, 0.05) is 18.5 Å². The van der Waals surface area contributed by atoms with Crippen molar-refractivity contribution >= 4 is 0 Å². The molecule has 0 radical (unpaired) electrons. The van der Waals surface area contributed by atoms with Crippen LogP contribution in [0.2, 0.25) is 0 Å². The molecule has 1 saturated heterocycles. The van der Waals surface area contributed by atoms with Crippen molar-refractivity contribution in [2.75, 3.05) is 13.1 Å². The van der Waals surface area contributed by atoms with Crippen molar-refractivity contribution in [2.45, 2.75) is 83.6 Å². The maximum atomic E-state index is 13.3. The summed E-state index contributed by atoms with van der Waals surface area (Å²) in [6, 6.07) is 0. The Labute approximate surface area is 111 Å². The van der Waals surface area contributed by atoms with Crippen LogP contribution in [0.15, 0.2) is 0 Å². The summed E-state index contributed by atoms with van der Waals surface area (Å²) in [7, 11) is 0. The highest BCUT2D eigenvalue weighted by Gasteiger charge is 2.44. The molecule has 0 amide bonds. The maximum Gasteiger partial charge on any atom is 0.261 e. The van der Waals surface area contributed by atoms with Crippen LogP contribution in [-0.4, -0.2) is 29.5 Å². The number of halogens is 2. The summed E-state index contributed by atoms with van der Waals surface area (Å²) >= 11 is 0. The van der Waals surface area contributed by atoms with Gasteiger partial charge in [-0.2, -0.15) is 0 Å². The molecule has 1 fully saturated rings. The second-order valence-electron chi connectivity index (χ2n) is 6.04. The van der Waals surface area contributed by atoms with E-state index < -0.39 is 5.92 Å². The average Bonchev–Trinajstić information content (AvgIpc) is 2.70. The monoisotopic (exact) mass is 261 g/mol. The molecule has 0 aromatic heterocycles. The molecule has 0 spiro atoms. The summed E-state index contributed by atoms with van der Waals surface area (Å²) in [4.78, 5) is 2.02. The number of hydrogen-bond acceptors (Lipinski definition) is 1. The zero-order valence-corrected chi connectivity index (χ0v) is 12.3. The van der Waals surface area contributed by atoms with E-state index in [1.807, 2.05) is 4.90 Å². The Balaban J connectivity index is 2.37. The maximum absolute atomic E-state index is 13.3. The van der Waals surface area contributed by atoms with Crippen LogP contribution < -0.4 is 0 Å². The van der Waals surface area contributed by atoms with Crippen LogP contribution in [0.5, 0.6) is 0 Å². The topological polar surface area (TPSA) is 3.24 Å². The van der Waals surface area contributed by atoms with Crippen LogP contribution in [0.25, 0.3) is 0 Å². The van der Waals surface area contributed by atoms with Crippen LogP contribution in [0.4, 0.5) is 8.78 Å². The molecule has 1 unspecified atom stereocenters. The first-order valence-electron chi connectivity index (χ1n) is 7.56. The molecule has 1 heterocycles. The van der Waals surface area contributed by atoms with E-state index in [2.05, 4.69) is 20.8 Å². The van der Waals surface area contributed by atoms with Crippen molar-refractivity contribution in [3.05, 3.63) is 0 Å². The van der Waals surface area contributed by atoms with E-state index in [4.69, 9.17) is 0 Å². The smallest absolute Gasteiger partial charge is 0.261 e. The Morgan fingerprint density at radius 3 is 2.28 bits per heavy atom. The van der Waals surface area contributed by atoms with Gasteiger partial charge in [-0.25, -0.2) is 8.78 Å². The minimum absolute atomic E-state index is 0.0217. The summed E-state index contributed by atoms with van der Waals surface area (Å²) in [5.74, 6) is -2.46. The van der Waals surface area contributed by atoms with Crippen LogP contribution in [0, 0.1) is 0 Å². The van der Waals surface area contributed by atoms with Crippen molar-refractivity contribution < 1.29 is 8.78 Å². The standard InChI is InChI=1S/C15H29F2N/c1-4-6-7-8-9-10-14(3,5-2)18-12-11-15(16,17)13-18/h4-13H2,1-3H3. The molecule has 1 aliphatic rings. The fourth-order valence-electron chi connectivity index (χ4n) is 2.86. The van der Waals surface area contributed by atoms with E-state index >= 15 is 0 Å². The minimum Gasteiger partial charge on any atom is -0.292 e. The third kappa shape index (κ3) is 4.49. The van der Waals surface area contributed by atoms with Gasteiger partial charge in [-0.15, -0.1) is 0 Å². The average molecular weight is 261 g/mol. The van der Waals surface area contributed by atoms with E-state index in [1.165, 1.54) is 32.1 Å². The predicted octanol–water partition coefficient (Wildman–Crippen LogP) is 4.86. The molecule has 3 heteroatoms. The van der Waals surface area contributed by atoms with Gasteiger partial charge in [0.1, 0.15) is 0 Å². The lowest BCUT2D eigenvalue weighted by molar-refractivity contribution is -0.00493. The van der Waals surface area contributed by atoms with Gasteiger partial charge >= 0.3 is 0 Å². The van der Waals surface area contributed by atoms with Crippen molar-refractivity contribution in [1.82, 2.24) is 4.90 Å². The van der Waals surface area contributed by atoms with Gasteiger partial charge in [0.25, 0.3) is 5.92 Å². The molecular weight excluding hydrogens is 232 g/mol. The lowest BCUT2D eigenvalue weighted by Crippen LogP contribution is -2.45. The quantitative estimate of drug-likeness (QED) is 0.564. The summed E-state index contributed by atoms with van der Waals surface area (Å²) < 4.78 is 26.6. The van der Waals surface area contributed by atoms with Gasteiger partial charge in [-0.1, -0.05) is 46.0 Å². The Morgan fingerprint density at radius 1 is 1.11 bits per heavy atom. The molecule has 0 aliphatic carbocycles. The third-order valence-electron chi connectivity index (χ3n) is 4.51. The second kappa shape index (κ2) is 6.83. The van der Waals surface area contributed by atoms with Gasteiger partial charge in [-0.05, 0) is 19.8 Å². The number of hydrogen-bond donors (Lipinski definition) is 0. The molecule has 0 aromatic carbocycles. The molecule has 1 rings (SSSR count). The summed E-state index contributed by atoms with van der Waals surface area (Å²) in [6.45, 7) is 7.03. The number of unbranched alkanes of at least 4 members (excludes halogenated alkanes) is 4. The number of nitrogens with zero attached hydrogens (tertiary/aromatic N) is 1. The molecule has 108 valence electrons. The highest BCUT2D eigenvalue weighted by molar-refractivity contribution is 4.93. The van der Waals surface area contributed by atoms with Crippen LogP contribution >= 0.6 is 0 Å². The molecule has 0 bridgehead atoms. The first-order valence-corrected chi connectivity index (χ1v) is 7.56. The van der Waals surface area contributed by atoms with Crippen molar-refractivity contribution in [1.29, 1.82) is 0 Å². The zero-order chi connectivity index (χ0) is 13.6. The molecule has 0 N–H and O–H groups in total. The Hall–Kier alpha value is -0.180. The first-order chi connectivity index (χ1) is 8.43. The summed E-state index contributed by atoms with van der Waals surface area (Å²) in [5.41, 5.74) is -0.0217. The van der Waals surface area contributed by atoms with Crippen LogP contribution in [0.1, 0.15) is 72.1 Å². The normalized spacial score (nSPS) is 23.2. The zero-order valence-electron chi connectivity index (χ0n) is 12.3. The van der Waals surface area contributed by atoms with Gasteiger partial charge in [0.2, 0.25) is 0 Å². The van der Waals surface area contributed by atoms with Gasteiger partial charge in [0.15, 0.2) is 0 Å². The highest BCUT2D eigenvalue weighted by Crippen LogP contribution is 2.35. The summed E-state index contributed by atoms with van der Waals surface area (Å²) in [5, 5.41) is 0. The van der Waals surface area contributed by atoms with Crippen molar-refractivity contribution in [3.8, 4) is 0 Å². The Morgan fingerprint density at radius 2 is 1.78 bits per heavy atom. The molecule has 1 aliphatic heterocycles. The van der Waals surface area contributed by atoms with Crippen molar-refractivity contribution in [3.63, 3.8) is 0 Å². The summed E-state index contributed by atoms with van der Waals surface area (Å²) in [6.07, 6.45) is 8.32. The van der Waals surface area contributed by atoms with E-state index in [-0.39, 0.29) is 18.5 Å². The predicted molar refractivity (Wildman–Crippen MR) is 73.2 cm³/mol. The number of likely N-dealkylation sites (tertiary alicyclic amines) is 1. The van der Waals surface area contributed by atoms with E-state index in [9.17, 15) is 8.78 Å². The van der Waals surface area contributed by atoms with E-state index in [0.717, 1.165) is 12.8 Å². The molecule has 1 atom stereocenters. The fraction of sp³-hybridized carbons (Fsp3) is 1.00. The lowest BCUT2D eigenvalue weighted by atomic mass is 9.89. The minimum atomic E-state index is -2.46. The number of rotatable bonds is 8. The Bertz CT molecular complexity index is 243. The van der Waals surface area contributed by atoms with Gasteiger partial charge < -0.3 is 0 Å². The van der Waals surface area contributed by atoms with E-state index in [0.29, 0.717) is 6.54 Å². The molecule has 18 heavy (non-hydrogen) atoms. The molecule has 0 aromatic rings. The van der Waals surface area contributed by atoms with Crippen molar-refractivity contribution in [2.24, 2.45) is 0 Å². The largest absolute Gasteiger partial charge is 0.292 e. The number of alkyl halides is 2. The SMILES string of the molecule is CCCCCCCC(C)(CC)N1CCC(F)(F)C1. The van der Waals surface area contributed by atoms with Gasteiger partial charge in [0.05, 0.1) is 6.54 Å². The molecule has 0 saturated carbocycles. The van der Waals surface area contributed by atoms with Crippen LogP contribution in [-0.2, 0) is 0 Å². The third-order valence-corrected chi connectivity index (χ3v) is 4.51. The Kier molecular flexibility index (Phi) is 6.03. The van der Waals surface area contributed by atoms with E-state index in [1.54, 1.807) is 0 Å². The second-order valence-corrected chi connectivity index (χ2v) is 6.04. The highest BCUT2D eigenvalue weighted by atomic mass is 19.3. The van der Waals surface area contributed by atoms with Crippen LogP contribution in [0.3, 0.4) is 0 Å². The fourth-order valence-corrected chi connectivity index (χ4v) is 2.86. The molecular formula is C15H29F2N.